The van der Waals surface area contributed by atoms with E-state index in [-0.39, 0.29) is 30.4 Å². The average molecular weight is 364 g/mol. The zero-order valence-corrected chi connectivity index (χ0v) is 14.8. The molecule has 25 heavy (non-hydrogen) atoms. The first kappa shape index (κ1) is 17.8. The van der Waals surface area contributed by atoms with E-state index in [1.807, 2.05) is 11.0 Å². The minimum atomic E-state index is -0.262. The number of likely N-dealkylation sites (tertiary alicyclic amines) is 1. The lowest BCUT2D eigenvalue weighted by molar-refractivity contribution is -0.134. The first-order valence-electron chi connectivity index (χ1n) is 8.48. The van der Waals surface area contributed by atoms with Crippen molar-refractivity contribution in [2.75, 3.05) is 26.2 Å². The summed E-state index contributed by atoms with van der Waals surface area (Å²) in [6.45, 7) is 3.62. The molecule has 2 saturated heterocycles. The summed E-state index contributed by atoms with van der Waals surface area (Å²) in [6.07, 6.45) is 3.26. The maximum absolute atomic E-state index is 12.5. The van der Waals surface area contributed by atoms with Crippen molar-refractivity contribution in [2.24, 2.45) is 5.41 Å². The summed E-state index contributed by atoms with van der Waals surface area (Å²) in [5.41, 5.74) is 0.665. The van der Waals surface area contributed by atoms with Crippen LogP contribution in [0.15, 0.2) is 29.1 Å². The molecule has 0 atom stereocenters. The number of nitrogens with zero attached hydrogens (tertiary/aromatic N) is 4. The normalized spacial score (nSPS) is 19.1. The van der Waals surface area contributed by atoms with Crippen LogP contribution in [0.25, 0.3) is 10.9 Å². The number of carbonyl (C=O) groups excluding carboxylic acids is 1. The fourth-order valence-corrected chi connectivity index (χ4v) is 3.81. The Kier molecular flexibility index (Phi) is 5.06. The summed E-state index contributed by atoms with van der Waals surface area (Å²) >= 11 is 0. The molecule has 8 heteroatoms. The Hall–Kier alpha value is -1.99. The van der Waals surface area contributed by atoms with Gasteiger partial charge in [-0.2, -0.15) is 0 Å². The molecule has 2 aliphatic rings. The zero-order valence-electron chi connectivity index (χ0n) is 14.0. The highest BCUT2D eigenvalue weighted by molar-refractivity contribution is 5.85. The monoisotopic (exact) mass is 363 g/mol. The van der Waals surface area contributed by atoms with Gasteiger partial charge < -0.3 is 10.2 Å². The first-order valence-corrected chi connectivity index (χ1v) is 8.48. The van der Waals surface area contributed by atoms with Gasteiger partial charge in [-0.25, -0.2) is 4.68 Å². The van der Waals surface area contributed by atoms with E-state index in [9.17, 15) is 9.59 Å². The van der Waals surface area contributed by atoms with Crippen LogP contribution in [0, 0.1) is 5.41 Å². The van der Waals surface area contributed by atoms with Crippen LogP contribution in [0.3, 0.4) is 0 Å². The van der Waals surface area contributed by atoms with Crippen molar-refractivity contribution in [3.05, 3.63) is 34.6 Å². The number of carbonyl (C=O) groups is 1. The van der Waals surface area contributed by atoms with Gasteiger partial charge in [-0.15, -0.1) is 17.5 Å². The van der Waals surface area contributed by atoms with Crippen LogP contribution in [0.1, 0.15) is 19.3 Å². The lowest BCUT2D eigenvalue weighted by atomic mass is 9.78. The summed E-state index contributed by atoms with van der Waals surface area (Å²) in [5.74, 6) is -0.0533. The second-order valence-electron chi connectivity index (χ2n) is 6.88. The molecule has 1 aromatic carbocycles. The Balaban J connectivity index is 0.00000182. The van der Waals surface area contributed by atoms with Crippen LogP contribution in [0.4, 0.5) is 0 Å². The smallest absolute Gasteiger partial charge is 0.278 e. The van der Waals surface area contributed by atoms with Crippen molar-refractivity contribution in [3.63, 3.8) is 0 Å². The summed E-state index contributed by atoms with van der Waals surface area (Å²) in [6, 6.07) is 7.06. The van der Waals surface area contributed by atoms with Crippen LogP contribution in [-0.2, 0) is 11.3 Å². The summed E-state index contributed by atoms with van der Waals surface area (Å²) < 4.78 is 1.17. The highest BCUT2D eigenvalue weighted by atomic mass is 35.5. The molecular formula is C17H22ClN5O2. The van der Waals surface area contributed by atoms with Gasteiger partial charge in [0.2, 0.25) is 5.91 Å². The number of hydrogen-bond acceptors (Lipinski definition) is 5. The van der Waals surface area contributed by atoms with E-state index in [1.54, 1.807) is 18.2 Å². The van der Waals surface area contributed by atoms with E-state index >= 15 is 0 Å². The lowest BCUT2D eigenvalue weighted by Gasteiger charge is -2.38. The van der Waals surface area contributed by atoms with Crippen molar-refractivity contribution in [2.45, 2.75) is 25.8 Å². The standard InChI is InChI=1S/C17H21N5O2.ClH/c23-15(21-9-6-17(7-10-21)5-8-18-12-17)11-22-16(24)13-3-1-2-4-14(13)19-20-22;/h1-4,18H,5-12H2;1H. The molecule has 2 aromatic rings. The Morgan fingerprint density at radius 2 is 1.96 bits per heavy atom. The van der Waals surface area contributed by atoms with Crippen LogP contribution < -0.4 is 10.9 Å². The number of fused-ring (bicyclic) bond motifs is 1. The Bertz CT molecular complexity index is 821. The largest absolute Gasteiger partial charge is 0.341 e. The summed E-state index contributed by atoms with van der Waals surface area (Å²) in [7, 11) is 0. The van der Waals surface area contributed by atoms with Crippen molar-refractivity contribution < 1.29 is 4.79 Å². The van der Waals surface area contributed by atoms with Crippen LogP contribution in [0.2, 0.25) is 0 Å². The van der Waals surface area contributed by atoms with Crippen molar-refractivity contribution in [1.29, 1.82) is 0 Å². The van der Waals surface area contributed by atoms with E-state index in [1.165, 1.54) is 11.1 Å². The second kappa shape index (κ2) is 7.09. The SMILES string of the molecule is Cl.O=C(Cn1nnc2ccccc2c1=O)N1CCC2(CCNC2)CC1. The summed E-state index contributed by atoms with van der Waals surface area (Å²) in [4.78, 5) is 26.8. The molecule has 0 bridgehead atoms. The molecule has 1 spiro atoms. The molecule has 0 aliphatic carbocycles. The third-order valence-corrected chi connectivity index (χ3v) is 5.42. The predicted octanol–water partition coefficient (Wildman–Crippen LogP) is 0.815. The molecule has 2 aliphatic heterocycles. The van der Waals surface area contributed by atoms with E-state index in [0.29, 0.717) is 16.3 Å². The Morgan fingerprint density at radius 3 is 2.68 bits per heavy atom. The maximum Gasteiger partial charge on any atom is 0.278 e. The van der Waals surface area contributed by atoms with E-state index in [0.717, 1.165) is 39.0 Å². The van der Waals surface area contributed by atoms with Gasteiger partial charge in [0, 0.05) is 19.6 Å². The quantitative estimate of drug-likeness (QED) is 0.854. The molecule has 0 unspecified atom stereocenters. The van der Waals surface area contributed by atoms with Gasteiger partial charge >= 0.3 is 0 Å². The molecule has 4 rings (SSSR count). The number of piperidine rings is 1. The molecule has 3 heterocycles. The van der Waals surface area contributed by atoms with Crippen LogP contribution in [-0.4, -0.2) is 52.0 Å². The fraction of sp³-hybridized carbons (Fsp3) is 0.529. The Labute approximate surface area is 151 Å². The van der Waals surface area contributed by atoms with Gasteiger partial charge in [0.15, 0.2) is 0 Å². The van der Waals surface area contributed by atoms with E-state index < -0.39 is 0 Å². The van der Waals surface area contributed by atoms with E-state index in [2.05, 4.69) is 15.6 Å². The predicted molar refractivity (Wildman–Crippen MR) is 96.8 cm³/mol. The van der Waals surface area contributed by atoms with Crippen LogP contribution in [0.5, 0.6) is 0 Å². The fourth-order valence-electron chi connectivity index (χ4n) is 3.81. The number of rotatable bonds is 2. The molecule has 1 N–H and O–H groups in total. The first-order chi connectivity index (χ1) is 11.7. The van der Waals surface area contributed by atoms with Gasteiger partial charge in [0.1, 0.15) is 12.1 Å². The molecule has 1 amide bonds. The van der Waals surface area contributed by atoms with Gasteiger partial charge in [-0.1, -0.05) is 17.3 Å². The van der Waals surface area contributed by atoms with Crippen molar-refractivity contribution >= 4 is 29.2 Å². The van der Waals surface area contributed by atoms with Gasteiger partial charge in [0.05, 0.1) is 5.39 Å². The molecule has 0 saturated carbocycles. The number of benzene rings is 1. The van der Waals surface area contributed by atoms with Crippen molar-refractivity contribution in [3.8, 4) is 0 Å². The van der Waals surface area contributed by atoms with Crippen LogP contribution >= 0.6 is 12.4 Å². The van der Waals surface area contributed by atoms with Gasteiger partial charge in [-0.05, 0) is 43.4 Å². The molecule has 0 radical (unpaired) electrons. The highest BCUT2D eigenvalue weighted by Crippen LogP contribution is 2.36. The van der Waals surface area contributed by atoms with Crippen molar-refractivity contribution in [1.82, 2.24) is 25.2 Å². The number of amides is 1. The Morgan fingerprint density at radius 1 is 1.20 bits per heavy atom. The zero-order chi connectivity index (χ0) is 16.6. The third-order valence-electron chi connectivity index (χ3n) is 5.42. The minimum absolute atomic E-state index is 0. The molecular weight excluding hydrogens is 342 g/mol. The number of hydrogen-bond donors (Lipinski definition) is 1. The minimum Gasteiger partial charge on any atom is -0.341 e. The lowest BCUT2D eigenvalue weighted by Crippen LogP contribution is -2.46. The topological polar surface area (TPSA) is 80.1 Å². The van der Waals surface area contributed by atoms with Gasteiger partial charge in [-0.3, -0.25) is 9.59 Å². The molecule has 2 fully saturated rings. The molecule has 134 valence electrons. The molecule has 1 aromatic heterocycles. The van der Waals surface area contributed by atoms with Gasteiger partial charge in [0.25, 0.3) is 5.56 Å². The summed E-state index contributed by atoms with van der Waals surface area (Å²) in [5, 5.41) is 11.9. The number of nitrogens with one attached hydrogen (secondary N) is 1. The second-order valence-corrected chi connectivity index (χ2v) is 6.88. The average Bonchev–Trinajstić information content (AvgIpc) is 3.06. The number of halogens is 1. The van der Waals surface area contributed by atoms with E-state index in [4.69, 9.17) is 0 Å². The maximum atomic E-state index is 12.5. The third kappa shape index (κ3) is 3.39. The highest BCUT2D eigenvalue weighted by Gasteiger charge is 2.38. The number of aromatic nitrogens is 3. The molecule has 7 nitrogen and oxygen atoms in total.